The van der Waals surface area contributed by atoms with Crippen LogP contribution >= 0.6 is 11.6 Å². The number of amides is 2. The van der Waals surface area contributed by atoms with Gasteiger partial charge in [0.2, 0.25) is 0 Å². The van der Waals surface area contributed by atoms with E-state index in [2.05, 4.69) is 10.6 Å². The van der Waals surface area contributed by atoms with Crippen LogP contribution < -0.4 is 10.6 Å². The summed E-state index contributed by atoms with van der Waals surface area (Å²) in [5.41, 5.74) is 1.05. The van der Waals surface area contributed by atoms with Crippen molar-refractivity contribution in [3.05, 3.63) is 110 Å². The molecule has 0 bridgehead atoms. The minimum absolute atomic E-state index is 0.116. The second kappa shape index (κ2) is 11.6. The molecule has 35 heavy (non-hydrogen) atoms. The van der Waals surface area contributed by atoms with Crippen LogP contribution in [0.5, 0.6) is 0 Å². The van der Waals surface area contributed by atoms with Gasteiger partial charge in [-0.2, -0.15) is 0 Å². The highest BCUT2D eigenvalue weighted by Crippen LogP contribution is 2.18. The number of ether oxygens (including phenoxy) is 1. The average molecular weight is 494 g/mol. The lowest BCUT2D eigenvalue weighted by Gasteiger charge is -2.12. The van der Waals surface area contributed by atoms with Crippen molar-refractivity contribution in [1.29, 1.82) is 0 Å². The molecule has 2 amide bonds. The second-order valence-electron chi connectivity index (χ2n) is 7.09. The maximum absolute atomic E-state index is 13.0. The highest BCUT2D eigenvalue weighted by molar-refractivity contribution is 6.34. The number of hydrogen-bond donors (Lipinski definition) is 2. The molecule has 0 aromatic heterocycles. The maximum Gasteiger partial charge on any atom is 0.338 e. The summed E-state index contributed by atoms with van der Waals surface area (Å²) in [5, 5.41) is 16.3. The largest absolute Gasteiger partial charge is 0.462 e. The molecule has 0 aliphatic heterocycles. The van der Waals surface area contributed by atoms with Gasteiger partial charge in [-0.3, -0.25) is 19.7 Å². The SMILES string of the molecule is CCOC(=O)c1ccc(NC(=O)/C(=C\c2ccc([N+](=O)[O-])cc2)NC(=O)c2ccccc2Cl)cc1. The minimum Gasteiger partial charge on any atom is -0.462 e. The summed E-state index contributed by atoms with van der Waals surface area (Å²) in [6, 6.07) is 17.8. The first kappa shape index (κ1) is 25.1. The van der Waals surface area contributed by atoms with Gasteiger partial charge in [-0.15, -0.1) is 0 Å². The molecule has 0 spiro atoms. The zero-order valence-corrected chi connectivity index (χ0v) is 19.2. The maximum atomic E-state index is 13.0. The van der Waals surface area contributed by atoms with E-state index in [1.54, 1.807) is 25.1 Å². The molecule has 0 radical (unpaired) electrons. The van der Waals surface area contributed by atoms with Gasteiger partial charge >= 0.3 is 5.97 Å². The molecule has 10 heteroatoms. The number of nitro benzene ring substituents is 1. The van der Waals surface area contributed by atoms with Gasteiger partial charge in [0.15, 0.2) is 0 Å². The first-order chi connectivity index (χ1) is 16.8. The quantitative estimate of drug-likeness (QED) is 0.200. The van der Waals surface area contributed by atoms with E-state index < -0.39 is 22.7 Å². The third kappa shape index (κ3) is 6.75. The van der Waals surface area contributed by atoms with Crippen LogP contribution in [0.4, 0.5) is 11.4 Å². The lowest BCUT2D eigenvalue weighted by molar-refractivity contribution is -0.384. The fraction of sp³-hybridized carbons (Fsp3) is 0.0800. The third-order valence-corrected chi connectivity index (χ3v) is 5.01. The van der Waals surface area contributed by atoms with Crippen molar-refractivity contribution in [1.82, 2.24) is 5.32 Å². The number of nitro groups is 1. The van der Waals surface area contributed by atoms with Crippen LogP contribution in [0.1, 0.15) is 33.2 Å². The molecule has 2 N–H and O–H groups in total. The molecule has 0 heterocycles. The molecule has 0 saturated carbocycles. The topological polar surface area (TPSA) is 128 Å². The highest BCUT2D eigenvalue weighted by atomic mass is 35.5. The molecule has 0 aliphatic carbocycles. The van der Waals surface area contributed by atoms with E-state index >= 15 is 0 Å². The highest BCUT2D eigenvalue weighted by Gasteiger charge is 2.17. The number of carbonyl (C=O) groups is 3. The first-order valence-electron chi connectivity index (χ1n) is 10.4. The van der Waals surface area contributed by atoms with Gasteiger partial charge in [-0.05, 0) is 67.1 Å². The zero-order chi connectivity index (χ0) is 25.4. The van der Waals surface area contributed by atoms with Crippen LogP contribution in [0.25, 0.3) is 6.08 Å². The van der Waals surface area contributed by atoms with E-state index in [0.29, 0.717) is 16.8 Å². The van der Waals surface area contributed by atoms with Gasteiger partial charge in [0.05, 0.1) is 27.7 Å². The number of hydrogen-bond acceptors (Lipinski definition) is 6. The Morgan fingerprint density at radius 2 is 1.66 bits per heavy atom. The summed E-state index contributed by atoms with van der Waals surface area (Å²) in [6.07, 6.45) is 1.38. The van der Waals surface area contributed by atoms with E-state index in [4.69, 9.17) is 16.3 Å². The van der Waals surface area contributed by atoms with Crippen LogP contribution in [0, 0.1) is 10.1 Å². The molecule has 9 nitrogen and oxygen atoms in total. The van der Waals surface area contributed by atoms with Gasteiger partial charge < -0.3 is 15.4 Å². The molecular formula is C25H20ClN3O6. The second-order valence-corrected chi connectivity index (χ2v) is 7.50. The molecule has 0 unspecified atom stereocenters. The van der Waals surface area contributed by atoms with Gasteiger partial charge in [0.1, 0.15) is 5.70 Å². The zero-order valence-electron chi connectivity index (χ0n) is 18.5. The summed E-state index contributed by atoms with van der Waals surface area (Å²) in [4.78, 5) is 48.0. The number of carbonyl (C=O) groups excluding carboxylic acids is 3. The van der Waals surface area contributed by atoms with E-state index in [1.807, 2.05) is 0 Å². The Bertz CT molecular complexity index is 1290. The van der Waals surface area contributed by atoms with Crippen molar-refractivity contribution in [2.24, 2.45) is 0 Å². The monoisotopic (exact) mass is 493 g/mol. The van der Waals surface area contributed by atoms with Crippen molar-refractivity contribution >= 4 is 46.8 Å². The van der Waals surface area contributed by atoms with E-state index in [0.717, 1.165) is 0 Å². The molecule has 3 aromatic rings. The number of rotatable bonds is 8. The summed E-state index contributed by atoms with van der Waals surface area (Å²) < 4.78 is 4.94. The lowest BCUT2D eigenvalue weighted by Crippen LogP contribution is -2.31. The van der Waals surface area contributed by atoms with E-state index in [1.165, 1.54) is 60.7 Å². The van der Waals surface area contributed by atoms with Crippen LogP contribution in [0.2, 0.25) is 5.02 Å². The number of non-ortho nitro benzene ring substituents is 1. The Morgan fingerprint density at radius 3 is 2.26 bits per heavy atom. The van der Waals surface area contributed by atoms with Crippen LogP contribution in [-0.2, 0) is 9.53 Å². The van der Waals surface area contributed by atoms with Gasteiger partial charge in [-0.25, -0.2) is 4.79 Å². The molecule has 3 aromatic carbocycles. The Hall–Kier alpha value is -4.50. The number of nitrogens with one attached hydrogen (secondary N) is 2. The number of anilines is 1. The number of halogens is 1. The molecule has 0 atom stereocenters. The van der Waals surface area contributed by atoms with Crippen molar-refractivity contribution < 1.29 is 24.0 Å². The molecule has 3 rings (SSSR count). The minimum atomic E-state index is -0.660. The first-order valence-corrected chi connectivity index (χ1v) is 10.8. The fourth-order valence-corrected chi connectivity index (χ4v) is 3.18. The summed E-state index contributed by atoms with van der Waals surface area (Å²) >= 11 is 6.10. The Morgan fingerprint density at radius 1 is 1.00 bits per heavy atom. The fourth-order valence-electron chi connectivity index (χ4n) is 2.95. The molecule has 0 saturated heterocycles. The van der Waals surface area contributed by atoms with Crippen LogP contribution in [-0.4, -0.2) is 29.3 Å². The summed E-state index contributed by atoms with van der Waals surface area (Å²) in [5.74, 6) is -1.76. The predicted octanol–water partition coefficient (Wildman–Crippen LogP) is 4.83. The third-order valence-electron chi connectivity index (χ3n) is 4.68. The van der Waals surface area contributed by atoms with Crippen LogP contribution in [0.3, 0.4) is 0 Å². The van der Waals surface area contributed by atoms with Crippen molar-refractivity contribution in [3.8, 4) is 0 Å². The normalized spacial score (nSPS) is 10.9. The smallest absolute Gasteiger partial charge is 0.338 e. The lowest BCUT2D eigenvalue weighted by atomic mass is 10.1. The van der Waals surface area contributed by atoms with Crippen molar-refractivity contribution in [2.75, 3.05) is 11.9 Å². The van der Waals surface area contributed by atoms with E-state index in [-0.39, 0.29) is 28.6 Å². The molecule has 0 fully saturated rings. The Kier molecular flexibility index (Phi) is 8.31. The molecule has 178 valence electrons. The summed E-state index contributed by atoms with van der Waals surface area (Å²) in [6.45, 7) is 1.93. The van der Waals surface area contributed by atoms with Crippen molar-refractivity contribution in [2.45, 2.75) is 6.92 Å². The van der Waals surface area contributed by atoms with Gasteiger partial charge in [0, 0.05) is 17.8 Å². The molecular weight excluding hydrogens is 474 g/mol. The Labute approximate surface area is 205 Å². The number of nitrogens with zero attached hydrogens (tertiary/aromatic N) is 1. The van der Waals surface area contributed by atoms with E-state index in [9.17, 15) is 24.5 Å². The predicted molar refractivity (Wildman–Crippen MR) is 131 cm³/mol. The Balaban J connectivity index is 1.87. The van der Waals surface area contributed by atoms with Crippen molar-refractivity contribution in [3.63, 3.8) is 0 Å². The summed E-state index contributed by atoms with van der Waals surface area (Å²) in [7, 11) is 0. The standard InChI is InChI=1S/C25H20ClN3O6/c1-2-35-25(32)17-9-11-18(12-10-17)27-24(31)22(15-16-7-13-19(14-8-16)29(33)34)28-23(30)20-5-3-4-6-21(20)26/h3-15H,2H2,1H3,(H,27,31)(H,28,30)/b22-15+. The van der Waals surface area contributed by atoms with Gasteiger partial charge in [-0.1, -0.05) is 23.7 Å². The van der Waals surface area contributed by atoms with Gasteiger partial charge in [0.25, 0.3) is 17.5 Å². The number of esters is 1. The van der Waals surface area contributed by atoms with Crippen LogP contribution in [0.15, 0.2) is 78.5 Å². The average Bonchev–Trinajstić information content (AvgIpc) is 2.84. The molecule has 0 aliphatic rings. The number of benzene rings is 3.